The van der Waals surface area contributed by atoms with E-state index < -0.39 is 0 Å². The number of anilines is 1. The highest BCUT2D eigenvalue weighted by molar-refractivity contribution is 5.46. The molecule has 1 rings (SSSR count). The van der Waals surface area contributed by atoms with Crippen molar-refractivity contribution in [2.45, 2.75) is 58.9 Å². The van der Waals surface area contributed by atoms with Crippen LogP contribution in [0, 0.1) is 0 Å². The summed E-state index contributed by atoms with van der Waals surface area (Å²) in [6, 6.07) is 8.86. The van der Waals surface area contributed by atoms with Crippen LogP contribution in [0.5, 0.6) is 5.75 Å². The maximum absolute atomic E-state index is 5.74. The second-order valence-corrected chi connectivity index (χ2v) is 5.62. The van der Waals surface area contributed by atoms with Gasteiger partial charge < -0.3 is 15.4 Å². The predicted molar refractivity (Wildman–Crippen MR) is 92.3 cm³/mol. The lowest BCUT2D eigenvalue weighted by molar-refractivity contribution is 0.305. The Hall–Kier alpha value is -1.22. The molecule has 1 aromatic rings. The van der Waals surface area contributed by atoms with Crippen molar-refractivity contribution in [3.63, 3.8) is 0 Å². The Morgan fingerprint density at radius 1 is 1.00 bits per heavy atom. The van der Waals surface area contributed by atoms with Crippen LogP contribution in [0.25, 0.3) is 0 Å². The number of hydrogen-bond acceptors (Lipinski definition) is 3. The first-order chi connectivity index (χ1) is 10.3. The van der Waals surface area contributed by atoms with Crippen LogP contribution >= 0.6 is 0 Å². The first-order valence-corrected chi connectivity index (χ1v) is 8.46. The predicted octanol–water partition coefficient (Wildman–Crippen LogP) is 4.45. The number of rotatable bonds is 12. The third-order valence-electron chi connectivity index (χ3n) is 3.68. The van der Waals surface area contributed by atoms with E-state index in [-0.39, 0.29) is 0 Å². The molecule has 21 heavy (non-hydrogen) atoms. The molecule has 2 N–H and O–H groups in total. The van der Waals surface area contributed by atoms with E-state index in [1.54, 1.807) is 0 Å². The third-order valence-corrected chi connectivity index (χ3v) is 3.68. The molecule has 120 valence electrons. The van der Waals surface area contributed by atoms with Crippen molar-refractivity contribution >= 4 is 5.69 Å². The summed E-state index contributed by atoms with van der Waals surface area (Å²) in [6.45, 7) is 9.40. The Balaban J connectivity index is 2.15. The van der Waals surface area contributed by atoms with Crippen molar-refractivity contribution in [1.29, 1.82) is 0 Å². The molecule has 1 unspecified atom stereocenters. The summed E-state index contributed by atoms with van der Waals surface area (Å²) in [5.41, 5.74) is 1.15. The zero-order valence-electron chi connectivity index (χ0n) is 14.0. The molecule has 0 saturated heterocycles. The molecule has 1 atom stereocenters. The average molecular weight is 292 g/mol. The van der Waals surface area contributed by atoms with Crippen molar-refractivity contribution in [3.8, 4) is 5.75 Å². The van der Waals surface area contributed by atoms with E-state index in [1.807, 2.05) is 12.1 Å². The van der Waals surface area contributed by atoms with Gasteiger partial charge in [0.1, 0.15) is 5.75 Å². The number of nitrogens with one attached hydrogen (secondary N) is 2. The lowest BCUT2D eigenvalue weighted by atomic mass is 10.2. The van der Waals surface area contributed by atoms with E-state index in [9.17, 15) is 0 Å². The van der Waals surface area contributed by atoms with Gasteiger partial charge in [0.05, 0.1) is 6.61 Å². The standard InChI is InChI=1S/C18H32N2O/c1-4-6-7-8-15-21-18-11-9-17(10-12-18)20-14-13-19-16(3)5-2/h9-12,16,19-20H,4-8,13-15H2,1-3H3. The largest absolute Gasteiger partial charge is 0.494 e. The minimum atomic E-state index is 0.593. The Labute approximate surface area is 130 Å². The molecule has 1 aromatic carbocycles. The second-order valence-electron chi connectivity index (χ2n) is 5.62. The van der Waals surface area contributed by atoms with Crippen molar-refractivity contribution in [3.05, 3.63) is 24.3 Å². The molecule has 0 aliphatic heterocycles. The van der Waals surface area contributed by atoms with Crippen LogP contribution in [0.1, 0.15) is 52.9 Å². The first kappa shape index (κ1) is 17.8. The molecule has 0 radical (unpaired) electrons. The van der Waals surface area contributed by atoms with E-state index in [4.69, 9.17) is 4.74 Å². The summed E-state index contributed by atoms with van der Waals surface area (Å²) < 4.78 is 5.74. The monoisotopic (exact) mass is 292 g/mol. The lowest BCUT2D eigenvalue weighted by Gasteiger charge is -2.12. The van der Waals surface area contributed by atoms with Gasteiger partial charge in [0.2, 0.25) is 0 Å². The SMILES string of the molecule is CCCCCCOc1ccc(NCCNC(C)CC)cc1. The van der Waals surface area contributed by atoms with Gasteiger partial charge in [0.25, 0.3) is 0 Å². The Bertz CT molecular complexity index is 351. The zero-order valence-corrected chi connectivity index (χ0v) is 14.0. The highest BCUT2D eigenvalue weighted by atomic mass is 16.5. The van der Waals surface area contributed by atoms with Gasteiger partial charge in [0.15, 0.2) is 0 Å². The van der Waals surface area contributed by atoms with Crippen LogP contribution in [-0.4, -0.2) is 25.7 Å². The molecule has 0 heterocycles. The smallest absolute Gasteiger partial charge is 0.119 e. The highest BCUT2D eigenvalue weighted by Gasteiger charge is 1.98. The summed E-state index contributed by atoms with van der Waals surface area (Å²) in [5, 5.41) is 6.89. The van der Waals surface area contributed by atoms with Gasteiger partial charge in [-0.15, -0.1) is 0 Å². The molecular weight excluding hydrogens is 260 g/mol. The molecular formula is C18H32N2O. The number of benzene rings is 1. The second kappa shape index (κ2) is 11.4. The molecule has 0 aliphatic carbocycles. The molecule has 0 saturated carbocycles. The lowest BCUT2D eigenvalue weighted by Crippen LogP contribution is -2.30. The van der Waals surface area contributed by atoms with E-state index in [1.165, 1.54) is 25.7 Å². The molecule has 0 fully saturated rings. The molecule has 3 heteroatoms. The molecule has 3 nitrogen and oxygen atoms in total. The van der Waals surface area contributed by atoms with Crippen LogP contribution in [0.4, 0.5) is 5.69 Å². The molecule has 0 bridgehead atoms. The summed E-state index contributed by atoms with van der Waals surface area (Å²) in [6.07, 6.45) is 6.15. The summed E-state index contributed by atoms with van der Waals surface area (Å²) in [7, 11) is 0. The molecule has 0 aliphatic rings. The van der Waals surface area contributed by atoms with E-state index in [2.05, 4.69) is 43.5 Å². The van der Waals surface area contributed by atoms with Crippen molar-refractivity contribution in [1.82, 2.24) is 5.32 Å². The Morgan fingerprint density at radius 2 is 1.76 bits per heavy atom. The first-order valence-electron chi connectivity index (χ1n) is 8.46. The highest BCUT2D eigenvalue weighted by Crippen LogP contribution is 2.16. The van der Waals surface area contributed by atoms with Gasteiger partial charge in [0, 0.05) is 24.8 Å². The van der Waals surface area contributed by atoms with Gasteiger partial charge in [-0.05, 0) is 44.0 Å². The van der Waals surface area contributed by atoms with Crippen molar-refractivity contribution in [2.75, 3.05) is 25.0 Å². The van der Waals surface area contributed by atoms with Gasteiger partial charge in [-0.2, -0.15) is 0 Å². The van der Waals surface area contributed by atoms with Crippen LogP contribution in [0.3, 0.4) is 0 Å². The molecule has 0 amide bonds. The van der Waals surface area contributed by atoms with Crippen molar-refractivity contribution < 1.29 is 4.74 Å². The topological polar surface area (TPSA) is 33.3 Å². The third kappa shape index (κ3) is 8.61. The van der Waals surface area contributed by atoms with Gasteiger partial charge in [-0.3, -0.25) is 0 Å². The number of hydrogen-bond donors (Lipinski definition) is 2. The molecule has 0 spiro atoms. The van der Waals surface area contributed by atoms with E-state index in [0.29, 0.717) is 6.04 Å². The minimum Gasteiger partial charge on any atom is -0.494 e. The summed E-state index contributed by atoms with van der Waals surface area (Å²) in [4.78, 5) is 0. The van der Waals surface area contributed by atoms with Crippen LogP contribution < -0.4 is 15.4 Å². The quantitative estimate of drug-likeness (QED) is 0.559. The van der Waals surface area contributed by atoms with Gasteiger partial charge in [-0.1, -0.05) is 33.1 Å². The van der Waals surface area contributed by atoms with E-state index >= 15 is 0 Å². The fraction of sp³-hybridized carbons (Fsp3) is 0.667. The fourth-order valence-electron chi connectivity index (χ4n) is 2.06. The van der Waals surface area contributed by atoms with Gasteiger partial charge in [-0.25, -0.2) is 0 Å². The maximum atomic E-state index is 5.74. The van der Waals surface area contributed by atoms with Crippen LogP contribution in [-0.2, 0) is 0 Å². The average Bonchev–Trinajstić information content (AvgIpc) is 2.52. The zero-order chi connectivity index (χ0) is 15.3. The summed E-state index contributed by atoms with van der Waals surface area (Å²) >= 11 is 0. The normalized spacial score (nSPS) is 12.1. The Morgan fingerprint density at radius 3 is 2.43 bits per heavy atom. The number of ether oxygens (including phenoxy) is 1. The van der Waals surface area contributed by atoms with Gasteiger partial charge >= 0.3 is 0 Å². The maximum Gasteiger partial charge on any atom is 0.119 e. The van der Waals surface area contributed by atoms with E-state index in [0.717, 1.165) is 37.6 Å². The fourth-order valence-corrected chi connectivity index (χ4v) is 2.06. The summed E-state index contributed by atoms with van der Waals surface area (Å²) in [5.74, 6) is 0.967. The number of unbranched alkanes of at least 4 members (excludes halogenated alkanes) is 3. The molecule has 0 aromatic heterocycles. The Kier molecular flexibility index (Phi) is 9.71. The van der Waals surface area contributed by atoms with Crippen LogP contribution in [0.15, 0.2) is 24.3 Å². The van der Waals surface area contributed by atoms with Crippen LogP contribution in [0.2, 0.25) is 0 Å². The van der Waals surface area contributed by atoms with Crippen molar-refractivity contribution in [2.24, 2.45) is 0 Å². The minimum absolute atomic E-state index is 0.593.